The van der Waals surface area contributed by atoms with E-state index in [9.17, 15) is 0 Å². The molecule has 2 aliphatic rings. The maximum atomic E-state index is 3.80. The summed E-state index contributed by atoms with van der Waals surface area (Å²) in [5.74, 6) is 0. The molecule has 1 heteroatoms. The first kappa shape index (κ1) is 16.5. The van der Waals surface area contributed by atoms with Gasteiger partial charge in [-0.15, -0.1) is 6.58 Å². The number of fused-ring (bicyclic) bond motifs is 2. The monoisotopic (exact) mass is 309 g/mol. The van der Waals surface area contributed by atoms with Crippen LogP contribution in [0.3, 0.4) is 0 Å². The van der Waals surface area contributed by atoms with Gasteiger partial charge >= 0.3 is 0 Å². The first-order valence-electron chi connectivity index (χ1n) is 9.47. The average Bonchev–Trinajstić information content (AvgIpc) is 2.81. The van der Waals surface area contributed by atoms with Gasteiger partial charge in [0.25, 0.3) is 0 Å². The molecule has 1 saturated heterocycles. The van der Waals surface area contributed by atoms with Crippen molar-refractivity contribution in [2.24, 2.45) is 0 Å². The zero-order valence-corrected chi connectivity index (χ0v) is 14.4. The SMILES string of the molecule is C=CCCCCCCC1=CC2CCC(C1)N2Cc1ccccc1. The van der Waals surface area contributed by atoms with E-state index in [4.69, 9.17) is 0 Å². The number of benzene rings is 1. The molecular formula is C22H31N. The summed E-state index contributed by atoms with van der Waals surface area (Å²) in [4.78, 5) is 2.74. The summed E-state index contributed by atoms with van der Waals surface area (Å²) in [5.41, 5.74) is 3.20. The average molecular weight is 309 g/mol. The van der Waals surface area contributed by atoms with E-state index < -0.39 is 0 Å². The molecule has 1 aromatic carbocycles. The fraction of sp³-hybridized carbons (Fsp3) is 0.545. The zero-order chi connectivity index (χ0) is 15.9. The fourth-order valence-corrected chi connectivity index (χ4v) is 4.23. The lowest BCUT2D eigenvalue weighted by atomic mass is 9.95. The Kier molecular flexibility index (Phi) is 6.10. The van der Waals surface area contributed by atoms with Crippen LogP contribution in [0.15, 0.2) is 54.6 Å². The molecule has 0 aliphatic carbocycles. The number of hydrogen-bond donors (Lipinski definition) is 0. The van der Waals surface area contributed by atoms with Crippen molar-refractivity contribution in [1.29, 1.82) is 0 Å². The van der Waals surface area contributed by atoms with Gasteiger partial charge < -0.3 is 0 Å². The van der Waals surface area contributed by atoms with E-state index in [-0.39, 0.29) is 0 Å². The summed E-state index contributed by atoms with van der Waals surface area (Å²) >= 11 is 0. The quantitative estimate of drug-likeness (QED) is 0.407. The largest absolute Gasteiger partial charge is 0.289 e. The van der Waals surface area contributed by atoms with Crippen LogP contribution in [0.2, 0.25) is 0 Å². The Morgan fingerprint density at radius 1 is 1.04 bits per heavy atom. The van der Waals surface area contributed by atoms with Gasteiger partial charge in [0, 0.05) is 18.6 Å². The van der Waals surface area contributed by atoms with E-state index in [2.05, 4.69) is 47.9 Å². The van der Waals surface area contributed by atoms with Crippen LogP contribution in [0, 0.1) is 0 Å². The van der Waals surface area contributed by atoms with Gasteiger partial charge in [0.15, 0.2) is 0 Å². The first-order valence-corrected chi connectivity index (χ1v) is 9.47. The van der Waals surface area contributed by atoms with E-state index in [1.54, 1.807) is 5.57 Å². The van der Waals surface area contributed by atoms with Crippen LogP contribution < -0.4 is 0 Å². The van der Waals surface area contributed by atoms with Crippen LogP contribution in [0.5, 0.6) is 0 Å². The smallest absolute Gasteiger partial charge is 0.0288 e. The predicted octanol–water partition coefficient (Wildman–Crippen LogP) is 5.88. The molecule has 0 spiro atoms. The van der Waals surface area contributed by atoms with Gasteiger partial charge in [0.2, 0.25) is 0 Å². The van der Waals surface area contributed by atoms with Crippen molar-refractivity contribution in [1.82, 2.24) is 4.90 Å². The Bertz CT molecular complexity index is 516. The second kappa shape index (κ2) is 8.49. The Labute approximate surface area is 142 Å². The molecule has 2 aliphatic heterocycles. The minimum atomic E-state index is 0.699. The van der Waals surface area contributed by atoms with Crippen LogP contribution in [-0.4, -0.2) is 17.0 Å². The second-order valence-corrected chi connectivity index (χ2v) is 7.23. The lowest BCUT2D eigenvalue weighted by molar-refractivity contribution is 0.194. The zero-order valence-electron chi connectivity index (χ0n) is 14.4. The molecule has 2 atom stereocenters. The molecule has 1 nitrogen and oxygen atoms in total. The Hall–Kier alpha value is -1.34. The molecule has 1 fully saturated rings. The Morgan fingerprint density at radius 3 is 2.65 bits per heavy atom. The number of hydrogen-bond acceptors (Lipinski definition) is 1. The first-order chi connectivity index (χ1) is 11.4. The summed E-state index contributed by atoms with van der Waals surface area (Å²) in [6.45, 7) is 4.93. The highest BCUT2D eigenvalue weighted by Gasteiger charge is 2.35. The summed E-state index contributed by atoms with van der Waals surface area (Å²) in [5, 5.41) is 0. The van der Waals surface area contributed by atoms with Gasteiger partial charge in [-0.1, -0.05) is 60.9 Å². The molecular weight excluding hydrogens is 278 g/mol. The van der Waals surface area contributed by atoms with Gasteiger partial charge in [-0.2, -0.15) is 0 Å². The molecule has 1 aromatic rings. The van der Waals surface area contributed by atoms with Gasteiger partial charge in [-0.05, 0) is 50.5 Å². The van der Waals surface area contributed by atoms with Crippen molar-refractivity contribution >= 4 is 0 Å². The van der Waals surface area contributed by atoms with Gasteiger partial charge in [0.1, 0.15) is 0 Å². The van der Waals surface area contributed by atoms with Crippen molar-refractivity contribution in [3.8, 4) is 0 Å². The van der Waals surface area contributed by atoms with Crippen molar-refractivity contribution in [3.63, 3.8) is 0 Å². The molecule has 2 heterocycles. The van der Waals surface area contributed by atoms with E-state index in [1.165, 1.54) is 63.4 Å². The molecule has 0 amide bonds. The third kappa shape index (κ3) is 4.57. The van der Waals surface area contributed by atoms with Crippen LogP contribution in [0.25, 0.3) is 0 Å². The predicted molar refractivity (Wildman–Crippen MR) is 99.4 cm³/mol. The van der Waals surface area contributed by atoms with Crippen LogP contribution in [0.4, 0.5) is 0 Å². The third-order valence-electron chi connectivity index (χ3n) is 5.48. The maximum absolute atomic E-state index is 3.80. The van der Waals surface area contributed by atoms with Crippen molar-refractivity contribution in [3.05, 3.63) is 60.2 Å². The van der Waals surface area contributed by atoms with Crippen LogP contribution in [0.1, 0.15) is 63.4 Å². The highest BCUT2D eigenvalue weighted by molar-refractivity contribution is 5.21. The van der Waals surface area contributed by atoms with E-state index in [1.807, 2.05) is 6.08 Å². The van der Waals surface area contributed by atoms with Gasteiger partial charge in [-0.3, -0.25) is 4.90 Å². The number of unbranched alkanes of at least 4 members (excludes halogenated alkanes) is 4. The van der Waals surface area contributed by atoms with Crippen molar-refractivity contribution < 1.29 is 0 Å². The normalized spacial score (nSPS) is 23.7. The molecule has 0 radical (unpaired) electrons. The summed E-state index contributed by atoms with van der Waals surface area (Å²) < 4.78 is 0. The molecule has 2 bridgehead atoms. The number of allylic oxidation sites excluding steroid dienone is 1. The van der Waals surface area contributed by atoms with E-state index in [0.29, 0.717) is 6.04 Å². The summed E-state index contributed by atoms with van der Waals surface area (Å²) in [6, 6.07) is 12.5. The maximum Gasteiger partial charge on any atom is 0.0288 e. The molecule has 2 unspecified atom stereocenters. The molecule has 124 valence electrons. The minimum Gasteiger partial charge on any atom is -0.289 e. The summed E-state index contributed by atoms with van der Waals surface area (Å²) in [6.07, 6.45) is 16.7. The van der Waals surface area contributed by atoms with Crippen molar-refractivity contribution in [2.75, 3.05) is 0 Å². The Morgan fingerprint density at radius 2 is 1.87 bits per heavy atom. The fourth-order valence-electron chi connectivity index (χ4n) is 4.23. The third-order valence-corrected chi connectivity index (χ3v) is 5.48. The number of nitrogens with zero attached hydrogens (tertiary/aromatic N) is 1. The molecule has 3 rings (SSSR count). The highest BCUT2D eigenvalue weighted by atomic mass is 15.2. The summed E-state index contributed by atoms with van der Waals surface area (Å²) in [7, 11) is 0. The van der Waals surface area contributed by atoms with Gasteiger partial charge in [-0.25, -0.2) is 0 Å². The lowest BCUT2D eigenvalue weighted by Crippen LogP contribution is -2.37. The van der Waals surface area contributed by atoms with Crippen LogP contribution >= 0.6 is 0 Å². The highest BCUT2D eigenvalue weighted by Crippen LogP contribution is 2.37. The Balaban J connectivity index is 1.47. The molecule has 23 heavy (non-hydrogen) atoms. The van der Waals surface area contributed by atoms with Crippen molar-refractivity contribution in [2.45, 2.75) is 76.4 Å². The second-order valence-electron chi connectivity index (χ2n) is 7.23. The van der Waals surface area contributed by atoms with Crippen LogP contribution in [-0.2, 0) is 6.54 Å². The molecule has 0 aromatic heterocycles. The molecule has 0 N–H and O–H groups in total. The van der Waals surface area contributed by atoms with Gasteiger partial charge in [0.05, 0.1) is 0 Å². The standard InChI is InChI=1S/C22H31N/c1-2-3-4-5-6-8-13-20-16-21-14-15-22(17-20)23(21)18-19-11-9-7-10-12-19/h2,7,9-12,16,21-22H,1,3-6,8,13-15,17-18H2. The lowest BCUT2D eigenvalue weighted by Gasteiger charge is -2.34. The van der Waals surface area contributed by atoms with E-state index in [0.717, 1.165) is 12.6 Å². The topological polar surface area (TPSA) is 3.24 Å². The number of rotatable bonds is 9. The minimum absolute atomic E-state index is 0.699. The van der Waals surface area contributed by atoms with E-state index >= 15 is 0 Å². The molecule has 0 saturated carbocycles.